The van der Waals surface area contributed by atoms with Crippen molar-refractivity contribution in [3.8, 4) is 5.75 Å². The summed E-state index contributed by atoms with van der Waals surface area (Å²) in [6.07, 6.45) is -3.01. The molecule has 0 unspecified atom stereocenters. The molecule has 0 spiro atoms. The molecule has 10 heteroatoms. The molecule has 0 aliphatic carbocycles. The van der Waals surface area contributed by atoms with Gasteiger partial charge in [0, 0.05) is 24.2 Å². The minimum absolute atomic E-state index is 0.369. The molecule has 0 amide bonds. The molecule has 2 aromatic carbocycles. The van der Waals surface area contributed by atoms with Crippen molar-refractivity contribution in [3.05, 3.63) is 69.5 Å². The van der Waals surface area contributed by atoms with E-state index in [4.69, 9.17) is 27.9 Å². The van der Waals surface area contributed by atoms with E-state index in [9.17, 15) is 13.2 Å². The Balaban J connectivity index is 1.51. The van der Waals surface area contributed by atoms with Crippen molar-refractivity contribution in [1.29, 1.82) is 0 Å². The Morgan fingerprint density at radius 2 is 1.90 bits per heavy atom. The van der Waals surface area contributed by atoms with E-state index in [1.54, 1.807) is 24.3 Å². The van der Waals surface area contributed by atoms with Gasteiger partial charge in [-0.2, -0.15) is 13.2 Å². The number of hydrogen-bond donors (Lipinski definition) is 0. The third-order valence-electron chi connectivity index (χ3n) is 4.24. The van der Waals surface area contributed by atoms with Crippen molar-refractivity contribution in [1.82, 2.24) is 14.8 Å². The fraction of sp³-hybridized carbons (Fsp3) is 0.300. The van der Waals surface area contributed by atoms with Gasteiger partial charge < -0.3 is 9.30 Å². The molecule has 0 aliphatic heterocycles. The summed E-state index contributed by atoms with van der Waals surface area (Å²) in [5.74, 6) is 1.71. The van der Waals surface area contributed by atoms with Crippen LogP contribution in [0.1, 0.15) is 23.4 Å². The second-order valence-electron chi connectivity index (χ2n) is 6.47. The number of benzene rings is 2. The quantitative estimate of drug-likeness (QED) is 0.277. The summed E-state index contributed by atoms with van der Waals surface area (Å²) in [7, 11) is 1.83. The van der Waals surface area contributed by atoms with Gasteiger partial charge in [-0.1, -0.05) is 53.2 Å². The van der Waals surface area contributed by atoms with Crippen LogP contribution in [0, 0.1) is 0 Å². The minimum atomic E-state index is -4.35. The van der Waals surface area contributed by atoms with Crippen LogP contribution in [0.25, 0.3) is 0 Å². The Bertz CT molecular complexity index is 1010. The van der Waals surface area contributed by atoms with E-state index in [1.807, 2.05) is 11.6 Å². The maximum Gasteiger partial charge on any atom is 0.416 e. The lowest BCUT2D eigenvalue weighted by atomic mass is 10.1. The molecule has 0 N–H and O–H groups in total. The van der Waals surface area contributed by atoms with Crippen LogP contribution in [0.15, 0.2) is 47.6 Å². The molecule has 0 saturated heterocycles. The Hall–Kier alpha value is -1.90. The molecular weight excluding hydrogens is 458 g/mol. The average Bonchev–Trinajstić information content (AvgIpc) is 3.04. The number of hydrogen-bond acceptors (Lipinski definition) is 4. The Labute approximate surface area is 186 Å². The van der Waals surface area contributed by atoms with E-state index in [-0.39, 0.29) is 0 Å². The Morgan fingerprint density at radius 1 is 1.10 bits per heavy atom. The normalized spacial score (nSPS) is 11.7. The van der Waals surface area contributed by atoms with Gasteiger partial charge >= 0.3 is 6.18 Å². The summed E-state index contributed by atoms with van der Waals surface area (Å²) in [5, 5.41) is 9.95. The third-order valence-corrected chi connectivity index (χ3v) is 5.87. The van der Waals surface area contributed by atoms with Gasteiger partial charge in [0.2, 0.25) is 0 Å². The molecule has 0 atom stereocenters. The predicted octanol–water partition coefficient (Wildman–Crippen LogP) is 6.44. The molecule has 1 heterocycles. The Kier molecular flexibility index (Phi) is 7.55. The van der Waals surface area contributed by atoms with E-state index < -0.39 is 11.7 Å². The van der Waals surface area contributed by atoms with E-state index in [0.717, 1.165) is 18.0 Å². The number of rotatable bonds is 8. The van der Waals surface area contributed by atoms with Crippen molar-refractivity contribution >= 4 is 35.0 Å². The van der Waals surface area contributed by atoms with Gasteiger partial charge in [0.25, 0.3) is 0 Å². The van der Waals surface area contributed by atoms with Crippen LogP contribution in [-0.4, -0.2) is 21.4 Å². The van der Waals surface area contributed by atoms with Crippen molar-refractivity contribution in [2.75, 3.05) is 6.61 Å². The van der Waals surface area contributed by atoms with E-state index >= 15 is 0 Å². The summed E-state index contributed by atoms with van der Waals surface area (Å²) in [6, 6.07) is 10.3. The highest BCUT2D eigenvalue weighted by atomic mass is 35.5. The molecule has 0 bridgehead atoms. The zero-order valence-electron chi connectivity index (χ0n) is 15.9. The smallest absolute Gasteiger partial charge is 0.416 e. The van der Waals surface area contributed by atoms with Gasteiger partial charge in [0.15, 0.2) is 5.16 Å². The number of alkyl halides is 3. The van der Waals surface area contributed by atoms with Crippen LogP contribution in [0.5, 0.6) is 5.75 Å². The molecule has 30 heavy (non-hydrogen) atoms. The first kappa shape index (κ1) is 22.8. The first-order valence-corrected chi connectivity index (χ1v) is 10.7. The zero-order chi connectivity index (χ0) is 21.7. The fourth-order valence-corrected chi connectivity index (χ4v) is 4.01. The maximum atomic E-state index is 12.8. The van der Waals surface area contributed by atoms with Crippen LogP contribution in [-0.2, 0) is 25.4 Å². The van der Waals surface area contributed by atoms with Crippen LogP contribution < -0.4 is 4.74 Å². The fourth-order valence-electron chi connectivity index (χ4n) is 2.68. The van der Waals surface area contributed by atoms with E-state index in [0.29, 0.717) is 51.7 Å². The highest BCUT2D eigenvalue weighted by molar-refractivity contribution is 7.98. The summed E-state index contributed by atoms with van der Waals surface area (Å²) in [5.41, 5.74) is -0.0762. The number of halogens is 5. The average molecular weight is 476 g/mol. The summed E-state index contributed by atoms with van der Waals surface area (Å²) < 4.78 is 46.0. The van der Waals surface area contributed by atoms with Crippen molar-refractivity contribution in [2.24, 2.45) is 7.05 Å². The minimum Gasteiger partial charge on any atom is -0.492 e. The summed E-state index contributed by atoms with van der Waals surface area (Å²) in [4.78, 5) is 0. The SMILES string of the molecule is Cn1c(CCCOc2ccc(Cl)cc2Cl)nnc1SCc1cccc(C(F)(F)F)c1. The van der Waals surface area contributed by atoms with Crippen LogP contribution >= 0.6 is 35.0 Å². The number of aryl methyl sites for hydroxylation is 1. The molecular formula is C20H18Cl2F3N3OS. The zero-order valence-corrected chi connectivity index (χ0v) is 18.2. The van der Waals surface area contributed by atoms with Gasteiger partial charge in [-0.3, -0.25) is 0 Å². The molecule has 160 valence electrons. The third kappa shape index (κ3) is 6.06. The first-order chi connectivity index (χ1) is 14.2. The lowest BCUT2D eigenvalue weighted by Gasteiger charge is -2.09. The second-order valence-corrected chi connectivity index (χ2v) is 8.26. The molecule has 3 rings (SSSR count). The number of ether oxygens (including phenoxy) is 1. The van der Waals surface area contributed by atoms with Gasteiger partial charge in [0.05, 0.1) is 17.2 Å². The van der Waals surface area contributed by atoms with Gasteiger partial charge in [-0.25, -0.2) is 0 Å². The molecule has 3 aromatic rings. The van der Waals surface area contributed by atoms with Crippen molar-refractivity contribution in [2.45, 2.75) is 29.9 Å². The summed E-state index contributed by atoms with van der Waals surface area (Å²) >= 11 is 13.3. The standard InChI is InChI=1S/C20H18Cl2F3N3OS/c1-28-18(6-3-9-29-17-8-7-15(21)11-16(17)22)26-27-19(28)30-12-13-4-2-5-14(10-13)20(23,24)25/h2,4-5,7-8,10-11H,3,6,9,12H2,1H3. The Morgan fingerprint density at radius 3 is 2.63 bits per heavy atom. The molecule has 4 nitrogen and oxygen atoms in total. The highest BCUT2D eigenvalue weighted by Crippen LogP contribution is 2.31. The molecule has 0 fully saturated rings. The maximum absolute atomic E-state index is 12.8. The van der Waals surface area contributed by atoms with E-state index in [1.165, 1.54) is 17.8 Å². The second kappa shape index (κ2) is 9.94. The molecule has 0 radical (unpaired) electrons. The molecule has 1 aromatic heterocycles. The lowest BCUT2D eigenvalue weighted by Crippen LogP contribution is -2.05. The monoisotopic (exact) mass is 475 g/mol. The van der Waals surface area contributed by atoms with Crippen LogP contribution in [0.2, 0.25) is 10.0 Å². The van der Waals surface area contributed by atoms with Gasteiger partial charge in [-0.05, 0) is 36.2 Å². The number of thioether (sulfide) groups is 1. The largest absolute Gasteiger partial charge is 0.492 e. The van der Waals surface area contributed by atoms with Crippen molar-refractivity contribution in [3.63, 3.8) is 0 Å². The molecule has 0 saturated carbocycles. The molecule has 0 aliphatic rings. The van der Waals surface area contributed by atoms with Gasteiger partial charge in [-0.15, -0.1) is 10.2 Å². The topological polar surface area (TPSA) is 39.9 Å². The van der Waals surface area contributed by atoms with Crippen LogP contribution in [0.4, 0.5) is 13.2 Å². The number of nitrogens with zero attached hydrogens (tertiary/aromatic N) is 3. The van der Waals surface area contributed by atoms with Gasteiger partial charge in [0.1, 0.15) is 11.6 Å². The highest BCUT2D eigenvalue weighted by Gasteiger charge is 2.30. The predicted molar refractivity (Wildman–Crippen MR) is 112 cm³/mol. The van der Waals surface area contributed by atoms with Crippen LogP contribution in [0.3, 0.4) is 0 Å². The number of aromatic nitrogens is 3. The van der Waals surface area contributed by atoms with E-state index in [2.05, 4.69) is 10.2 Å². The first-order valence-electron chi connectivity index (χ1n) is 8.99. The summed E-state index contributed by atoms with van der Waals surface area (Å²) in [6.45, 7) is 0.445. The van der Waals surface area contributed by atoms with Crippen molar-refractivity contribution < 1.29 is 17.9 Å². The lowest BCUT2D eigenvalue weighted by molar-refractivity contribution is -0.137.